The van der Waals surface area contributed by atoms with Gasteiger partial charge in [-0.05, 0) is 56.8 Å². The fraction of sp³-hybridized carbons (Fsp3) is 0.882. The maximum atomic E-state index is 13.0. The number of hydrogen-bond donors (Lipinski definition) is 2. The summed E-state index contributed by atoms with van der Waals surface area (Å²) in [5, 5.41) is 2.72. The van der Waals surface area contributed by atoms with Gasteiger partial charge in [0.2, 0.25) is 11.8 Å². The Labute approximate surface area is 145 Å². The van der Waals surface area contributed by atoms with E-state index in [2.05, 4.69) is 5.32 Å². The summed E-state index contributed by atoms with van der Waals surface area (Å²) in [6.07, 6.45) is 8.28. The van der Waals surface area contributed by atoms with E-state index in [1.807, 2.05) is 4.90 Å². The number of rotatable bonds is 2. The summed E-state index contributed by atoms with van der Waals surface area (Å²) < 4.78 is 0. The molecule has 0 aromatic rings. The number of amides is 2. The predicted octanol–water partition coefficient (Wildman–Crippen LogP) is 1.69. The largest absolute Gasteiger partial charge is 0.357 e. The molecule has 0 spiro atoms. The lowest BCUT2D eigenvalue weighted by Crippen LogP contribution is -2.55. The number of hydrogen-bond acceptors (Lipinski definition) is 3. The first-order chi connectivity index (χ1) is 10.6. The van der Waals surface area contributed by atoms with Crippen LogP contribution in [0.4, 0.5) is 0 Å². The van der Waals surface area contributed by atoms with Gasteiger partial charge in [0.15, 0.2) is 0 Å². The Hall–Kier alpha value is -0.810. The summed E-state index contributed by atoms with van der Waals surface area (Å²) in [5.41, 5.74) is 6.33. The van der Waals surface area contributed by atoms with Crippen molar-refractivity contribution in [3.8, 4) is 0 Å². The Balaban J connectivity index is 0.00000192. The van der Waals surface area contributed by atoms with Crippen LogP contribution in [0, 0.1) is 17.8 Å². The molecule has 1 aliphatic heterocycles. The summed E-state index contributed by atoms with van der Waals surface area (Å²) in [6, 6.07) is 0.0237. The monoisotopic (exact) mass is 343 g/mol. The van der Waals surface area contributed by atoms with E-state index >= 15 is 0 Å². The number of nitrogens with one attached hydrogen (secondary N) is 1. The lowest BCUT2D eigenvalue weighted by atomic mass is 9.64. The molecule has 2 aliphatic carbocycles. The van der Waals surface area contributed by atoms with Gasteiger partial charge < -0.3 is 16.0 Å². The maximum Gasteiger partial charge on any atom is 0.242 e. The predicted molar refractivity (Wildman–Crippen MR) is 92.2 cm³/mol. The number of likely N-dealkylation sites (N-methyl/N-ethyl adjacent to an activating group) is 1. The van der Waals surface area contributed by atoms with Gasteiger partial charge in [0.05, 0.1) is 0 Å². The normalized spacial score (nSPS) is 36.8. The van der Waals surface area contributed by atoms with E-state index in [-0.39, 0.29) is 42.2 Å². The fourth-order valence-electron chi connectivity index (χ4n) is 4.86. The first-order valence-electron chi connectivity index (χ1n) is 8.89. The standard InChI is InChI=1S/C17H29N3O2.ClH/c1-19-16(21)14-7-2-3-8-20(14)17(22)13-9-11-5-4-6-12(10-13)15(11)18;/h11-15H,2-10,18H2,1H3,(H,19,21);1H. The first kappa shape index (κ1) is 18.5. The third-order valence-electron chi connectivity index (χ3n) is 6.10. The molecule has 23 heavy (non-hydrogen) atoms. The van der Waals surface area contributed by atoms with Crippen molar-refractivity contribution in [2.24, 2.45) is 23.5 Å². The molecule has 3 N–H and O–H groups in total. The lowest BCUT2D eigenvalue weighted by Gasteiger charge is -2.45. The molecule has 3 atom stereocenters. The van der Waals surface area contributed by atoms with Crippen LogP contribution < -0.4 is 11.1 Å². The van der Waals surface area contributed by atoms with Crippen LogP contribution in [-0.2, 0) is 9.59 Å². The van der Waals surface area contributed by atoms with E-state index in [0.29, 0.717) is 11.8 Å². The van der Waals surface area contributed by atoms with Crippen LogP contribution in [0.25, 0.3) is 0 Å². The molecule has 0 radical (unpaired) electrons. The van der Waals surface area contributed by atoms with Gasteiger partial charge in [0.25, 0.3) is 0 Å². The van der Waals surface area contributed by atoms with Crippen molar-refractivity contribution in [1.29, 1.82) is 0 Å². The van der Waals surface area contributed by atoms with Crippen LogP contribution >= 0.6 is 12.4 Å². The number of carbonyl (C=O) groups excluding carboxylic acids is 2. The molecule has 3 rings (SSSR count). The van der Waals surface area contributed by atoms with Crippen LogP contribution in [0.5, 0.6) is 0 Å². The molecule has 3 aliphatic rings. The first-order valence-corrected chi connectivity index (χ1v) is 8.89. The van der Waals surface area contributed by atoms with Gasteiger partial charge in [0.1, 0.15) is 6.04 Å². The molecule has 132 valence electrons. The number of halogens is 1. The van der Waals surface area contributed by atoms with Crippen LogP contribution in [-0.4, -0.2) is 42.4 Å². The fourth-order valence-corrected chi connectivity index (χ4v) is 4.86. The van der Waals surface area contributed by atoms with Crippen LogP contribution in [0.15, 0.2) is 0 Å². The summed E-state index contributed by atoms with van der Waals surface area (Å²) in [6.45, 7) is 0.731. The number of likely N-dealkylation sites (tertiary alicyclic amines) is 1. The van der Waals surface area contributed by atoms with Crippen molar-refractivity contribution < 1.29 is 9.59 Å². The van der Waals surface area contributed by atoms with Crippen LogP contribution in [0.1, 0.15) is 51.4 Å². The quantitative estimate of drug-likeness (QED) is 0.801. The minimum absolute atomic E-state index is 0. The highest BCUT2D eigenvalue weighted by molar-refractivity contribution is 5.88. The zero-order valence-electron chi connectivity index (χ0n) is 14.0. The Kier molecular flexibility index (Phi) is 6.32. The van der Waals surface area contributed by atoms with Gasteiger partial charge in [-0.3, -0.25) is 9.59 Å². The van der Waals surface area contributed by atoms with Crippen molar-refractivity contribution >= 4 is 24.2 Å². The lowest BCUT2D eigenvalue weighted by molar-refractivity contribution is -0.147. The van der Waals surface area contributed by atoms with Crippen LogP contribution in [0.2, 0.25) is 0 Å². The molecule has 2 saturated carbocycles. The molecule has 5 nitrogen and oxygen atoms in total. The maximum absolute atomic E-state index is 13.0. The molecule has 2 bridgehead atoms. The van der Waals surface area contributed by atoms with E-state index < -0.39 is 0 Å². The summed E-state index contributed by atoms with van der Waals surface area (Å²) >= 11 is 0. The van der Waals surface area contributed by atoms with Gasteiger partial charge in [-0.2, -0.15) is 0 Å². The zero-order chi connectivity index (χ0) is 15.7. The number of piperidine rings is 1. The Morgan fingerprint density at radius 1 is 1.04 bits per heavy atom. The number of fused-ring (bicyclic) bond motifs is 2. The second-order valence-corrected chi connectivity index (χ2v) is 7.35. The highest BCUT2D eigenvalue weighted by Crippen LogP contribution is 2.42. The summed E-state index contributed by atoms with van der Waals surface area (Å²) in [4.78, 5) is 27.0. The van der Waals surface area contributed by atoms with Gasteiger partial charge in [0, 0.05) is 25.6 Å². The molecule has 0 aromatic carbocycles. The molecule has 0 aromatic heterocycles. The topological polar surface area (TPSA) is 75.4 Å². The van der Waals surface area contributed by atoms with Crippen molar-refractivity contribution in [1.82, 2.24) is 10.2 Å². The minimum atomic E-state index is -0.262. The van der Waals surface area contributed by atoms with Crippen molar-refractivity contribution in [3.05, 3.63) is 0 Å². The average Bonchev–Trinajstić information content (AvgIpc) is 2.53. The molecule has 3 unspecified atom stereocenters. The molecular formula is C17H30ClN3O2. The van der Waals surface area contributed by atoms with E-state index in [4.69, 9.17) is 5.73 Å². The van der Waals surface area contributed by atoms with Crippen molar-refractivity contribution in [2.75, 3.05) is 13.6 Å². The summed E-state index contributed by atoms with van der Waals surface area (Å²) in [5.74, 6) is 1.28. The smallest absolute Gasteiger partial charge is 0.242 e. The highest BCUT2D eigenvalue weighted by Gasteiger charge is 2.43. The average molecular weight is 344 g/mol. The van der Waals surface area contributed by atoms with Gasteiger partial charge in [-0.25, -0.2) is 0 Å². The Morgan fingerprint density at radius 2 is 1.70 bits per heavy atom. The second-order valence-electron chi connectivity index (χ2n) is 7.35. The molecular weight excluding hydrogens is 314 g/mol. The van der Waals surface area contributed by atoms with Gasteiger partial charge in [-0.15, -0.1) is 12.4 Å². The third-order valence-corrected chi connectivity index (χ3v) is 6.10. The van der Waals surface area contributed by atoms with Crippen molar-refractivity contribution in [2.45, 2.75) is 63.5 Å². The zero-order valence-corrected chi connectivity index (χ0v) is 14.8. The highest BCUT2D eigenvalue weighted by atomic mass is 35.5. The number of carbonyl (C=O) groups is 2. The van der Waals surface area contributed by atoms with Crippen molar-refractivity contribution in [3.63, 3.8) is 0 Å². The van der Waals surface area contributed by atoms with Crippen LogP contribution in [0.3, 0.4) is 0 Å². The molecule has 6 heteroatoms. The van der Waals surface area contributed by atoms with E-state index in [1.165, 1.54) is 19.3 Å². The van der Waals surface area contributed by atoms with E-state index in [1.54, 1.807) is 7.05 Å². The van der Waals surface area contributed by atoms with E-state index in [0.717, 1.165) is 38.6 Å². The third kappa shape index (κ3) is 3.66. The molecule has 1 heterocycles. The molecule has 2 amide bonds. The Bertz CT molecular complexity index is 432. The molecule has 3 fully saturated rings. The SMILES string of the molecule is CNC(=O)C1CCCCN1C(=O)C1CC2CCCC(C1)C2N.Cl. The number of nitrogens with two attached hydrogens (primary N) is 1. The van der Waals surface area contributed by atoms with Gasteiger partial charge >= 0.3 is 0 Å². The minimum Gasteiger partial charge on any atom is -0.357 e. The van der Waals surface area contributed by atoms with E-state index in [9.17, 15) is 9.59 Å². The summed E-state index contributed by atoms with van der Waals surface area (Å²) in [7, 11) is 1.66. The Morgan fingerprint density at radius 3 is 2.30 bits per heavy atom. The van der Waals surface area contributed by atoms with Gasteiger partial charge in [-0.1, -0.05) is 6.42 Å². The second kappa shape index (κ2) is 7.84. The number of nitrogens with zero attached hydrogens (tertiary/aromatic N) is 1. The molecule has 1 saturated heterocycles.